The molecule has 0 radical (unpaired) electrons. The van der Waals surface area contributed by atoms with Crippen molar-refractivity contribution in [2.45, 2.75) is 38.6 Å². The highest BCUT2D eigenvalue weighted by atomic mass is 19.1. The van der Waals surface area contributed by atoms with E-state index in [4.69, 9.17) is 5.73 Å². The zero-order valence-electron chi connectivity index (χ0n) is 15.8. The molecule has 9 heteroatoms. The Kier molecular flexibility index (Phi) is 5.20. The van der Waals surface area contributed by atoms with Gasteiger partial charge < -0.3 is 5.73 Å². The number of nitrogens with zero attached hydrogens (tertiary/aromatic N) is 4. The van der Waals surface area contributed by atoms with E-state index in [1.54, 1.807) is 10.7 Å². The molecule has 1 saturated carbocycles. The minimum atomic E-state index is -0.717. The van der Waals surface area contributed by atoms with Crippen LogP contribution in [0.3, 0.4) is 0 Å². The topological polar surface area (TPSA) is 116 Å². The fourth-order valence-corrected chi connectivity index (χ4v) is 3.81. The predicted molar refractivity (Wildman–Crippen MR) is 105 cm³/mol. The first-order valence-corrected chi connectivity index (χ1v) is 9.61. The van der Waals surface area contributed by atoms with E-state index in [0.717, 1.165) is 25.7 Å². The highest BCUT2D eigenvalue weighted by molar-refractivity contribution is 6.10. The third-order valence-corrected chi connectivity index (χ3v) is 5.21. The first kappa shape index (κ1) is 19.0. The van der Waals surface area contributed by atoms with Crippen LogP contribution in [-0.2, 0) is 6.54 Å². The molecule has 1 fully saturated rings. The average molecular weight is 396 g/mol. The molecule has 0 atom stereocenters. The molecule has 8 nitrogen and oxygen atoms in total. The van der Waals surface area contributed by atoms with Gasteiger partial charge in [-0.3, -0.25) is 19.6 Å². The molecule has 4 rings (SSSR count). The van der Waals surface area contributed by atoms with E-state index < -0.39 is 17.6 Å². The number of carbonyl (C=O) groups excluding carboxylic acids is 2. The Morgan fingerprint density at radius 1 is 1.21 bits per heavy atom. The second-order valence-corrected chi connectivity index (χ2v) is 7.28. The smallest absolute Gasteiger partial charge is 0.276 e. The van der Waals surface area contributed by atoms with Gasteiger partial charge >= 0.3 is 0 Å². The van der Waals surface area contributed by atoms with Gasteiger partial charge in [0.05, 0.1) is 5.52 Å². The largest absolute Gasteiger partial charge is 0.364 e. The Hall–Kier alpha value is -3.36. The van der Waals surface area contributed by atoms with E-state index in [9.17, 15) is 14.0 Å². The number of hydrogen-bond donors (Lipinski definition) is 2. The summed E-state index contributed by atoms with van der Waals surface area (Å²) in [6, 6.07) is 5.53. The maximum Gasteiger partial charge on any atom is 0.276 e. The lowest BCUT2D eigenvalue weighted by atomic mass is 9.89. The molecule has 2 heterocycles. The number of aromatic nitrogens is 4. The molecule has 0 aliphatic heterocycles. The number of carbonyl (C=O) groups is 2. The van der Waals surface area contributed by atoms with Crippen molar-refractivity contribution in [2.75, 3.05) is 5.32 Å². The van der Waals surface area contributed by atoms with Crippen LogP contribution in [0.4, 0.5) is 10.3 Å². The fourth-order valence-electron chi connectivity index (χ4n) is 3.81. The number of fused-ring (bicyclic) bond motifs is 1. The molecular formula is C20H21FN6O2. The number of anilines is 1. The summed E-state index contributed by atoms with van der Waals surface area (Å²) < 4.78 is 15.3. The third kappa shape index (κ3) is 4.08. The molecule has 1 aliphatic carbocycles. The van der Waals surface area contributed by atoms with Crippen molar-refractivity contribution in [1.82, 2.24) is 19.7 Å². The summed E-state index contributed by atoms with van der Waals surface area (Å²) in [5.74, 6) is -1.22. The van der Waals surface area contributed by atoms with Crippen LogP contribution in [0.25, 0.3) is 10.9 Å². The predicted octanol–water partition coefficient (Wildman–Crippen LogP) is 2.90. The monoisotopic (exact) mass is 396 g/mol. The molecular weight excluding hydrogens is 375 g/mol. The van der Waals surface area contributed by atoms with Gasteiger partial charge in [-0.25, -0.2) is 14.4 Å². The van der Waals surface area contributed by atoms with Gasteiger partial charge in [0, 0.05) is 24.2 Å². The summed E-state index contributed by atoms with van der Waals surface area (Å²) in [7, 11) is 0. The van der Waals surface area contributed by atoms with Crippen LogP contribution in [0.5, 0.6) is 0 Å². The van der Waals surface area contributed by atoms with Crippen LogP contribution in [-0.4, -0.2) is 31.6 Å². The van der Waals surface area contributed by atoms with E-state index in [2.05, 4.69) is 20.4 Å². The number of hydrogen-bond acceptors (Lipinski definition) is 5. The van der Waals surface area contributed by atoms with E-state index >= 15 is 0 Å². The van der Waals surface area contributed by atoms with Gasteiger partial charge in [-0.2, -0.15) is 5.10 Å². The zero-order valence-corrected chi connectivity index (χ0v) is 15.8. The van der Waals surface area contributed by atoms with Crippen LogP contribution < -0.4 is 11.1 Å². The molecule has 0 saturated heterocycles. The fraction of sp³-hybridized carbons (Fsp3) is 0.350. The molecule has 1 aromatic carbocycles. The van der Waals surface area contributed by atoms with E-state index in [1.807, 2.05) is 0 Å². The van der Waals surface area contributed by atoms with E-state index in [1.165, 1.54) is 30.8 Å². The van der Waals surface area contributed by atoms with Gasteiger partial charge in [0.15, 0.2) is 0 Å². The summed E-state index contributed by atoms with van der Waals surface area (Å²) in [5, 5.41) is 7.62. The molecule has 1 aliphatic rings. The number of benzene rings is 1. The summed E-state index contributed by atoms with van der Waals surface area (Å²) in [4.78, 5) is 32.3. The molecule has 3 aromatic rings. The first-order valence-electron chi connectivity index (χ1n) is 9.61. The Morgan fingerprint density at radius 2 is 2.00 bits per heavy atom. The van der Waals surface area contributed by atoms with Crippen molar-refractivity contribution in [1.29, 1.82) is 0 Å². The molecule has 150 valence electrons. The van der Waals surface area contributed by atoms with Crippen LogP contribution in [0, 0.1) is 11.7 Å². The van der Waals surface area contributed by atoms with Crippen LogP contribution in [0.2, 0.25) is 0 Å². The molecule has 2 amide bonds. The Balaban J connectivity index is 1.68. The molecule has 29 heavy (non-hydrogen) atoms. The summed E-state index contributed by atoms with van der Waals surface area (Å²) in [5.41, 5.74) is 5.96. The lowest BCUT2D eigenvalue weighted by Gasteiger charge is -2.22. The molecule has 3 N–H and O–H groups in total. The highest BCUT2D eigenvalue weighted by Gasteiger charge is 2.23. The number of nitrogens with two attached hydrogens (primary N) is 1. The van der Waals surface area contributed by atoms with Crippen LogP contribution in [0.15, 0.2) is 30.5 Å². The number of halogens is 1. The minimum absolute atomic E-state index is 0.00191. The quantitative estimate of drug-likeness (QED) is 0.688. The zero-order chi connectivity index (χ0) is 20.4. The second-order valence-electron chi connectivity index (χ2n) is 7.28. The van der Waals surface area contributed by atoms with Gasteiger partial charge in [-0.15, -0.1) is 0 Å². The number of amides is 2. The average Bonchev–Trinajstić information content (AvgIpc) is 3.05. The third-order valence-electron chi connectivity index (χ3n) is 5.21. The SMILES string of the molecule is NC(=O)c1ccnc(NC(=O)c2c3ccc(F)cc3nn2CC2CCCCC2)n1. The minimum Gasteiger partial charge on any atom is -0.364 e. The van der Waals surface area contributed by atoms with E-state index in [0.29, 0.717) is 29.1 Å². The summed E-state index contributed by atoms with van der Waals surface area (Å²) in [6.07, 6.45) is 7.05. The first-order chi connectivity index (χ1) is 14.0. The highest BCUT2D eigenvalue weighted by Crippen LogP contribution is 2.27. The van der Waals surface area contributed by atoms with Gasteiger partial charge in [-0.1, -0.05) is 19.3 Å². The van der Waals surface area contributed by atoms with Crippen molar-refractivity contribution in [3.05, 3.63) is 47.7 Å². The standard InChI is InChI=1S/C20H21FN6O2/c21-13-6-7-14-16(10-13)26-27(11-12-4-2-1-3-5-12)17(14)19(29)25-20-23-9-8-15(24-20)18(22)28/h6-10,12H,1-5,11H2,(H2,22,28)(H,23,24,25,29). The normalized spacial score (nSPS) is 14.8. The van der Waals surface area contributed by atoms with Crippen molar-refractivity contribution < 1.29 is 14.0 Å². The lowest BCUT2D eigenvalue weighted by Crippen LogP contribution is -2.23. The van der Waals surface area contributed by atoms with Crippen molar-refractivity contribution in [2.24, 2.45) is 11.7 Å². The molecule has 0 spiro atoms. The molecule has 2 aromatic heterocycles. The van der Waals surface area contributed by atoms with E-state index in [-0.39, 0.29) is 11.6 Å². The maximum absolute atomic E-state index is 13.7. The number of nitrogens with one attached hydrogen (secondary N) is 1. The van der Waals surface area contributed by atoms with Gasteiger partial charge in [0.2, 0.25) is 5.95 Å². The van der Waals surface area contributed by atoms with Gasteiger partial charge in [0.1, 0.15) is 17.2 Å². The van der Waals surface area contributed by atoms with Crippen molar-refractivity contribution in [3.8, 4) is 0 Å². The Bertz CT molecular complexity index is 1070. The van der Waals surface area contributed by atoms with Crippen LogP contribution in [0.1, 0.15) is 53.1 Å². The molecule has 0 unspecified atom stereocenters. The number of primary amides is 1. The van der Waals surface area contributed by atoms with Gasteiger partial charge in [-0.05, 0) is 37.0 Å². The van der Waals surface area contributed by atoms with Crippen molar-refractivity contribution in [3.63, 3.8) is 0 Å². The van der Waals surface area contributed by atoms with Gasteiger partial charge in [0.25, 0.3) is 11.8 Å². The number of rotatable bonds is 5. The second kappa shape index (κ2) is 7.94. The summed E-state index contributed by atoms with van der Waals surface area (Å²) in [6.45, 7) is 0.585. The Morgan fingerprint density at radius 3 is 2.76 bits per heavy atom. The molecule has 0 bridgehead atoms. The van der Waals surface area contributed by atoms with Crippen molar-refractivity contribution >= 4 is 28.7 Å². The van der Waals surface area contributed by atoms with Crippen LogP contribution >= 0.6 is 0 Å². The summed E-state index contributed by atoms with van der Waals surface area (Å²) >= 11 is 0. The lowest BCUT2D eigenvalue weighted by molar-refractivity contribution is 0.0988. The Labute approximate surface area is 166 Å². The maximum atomic E-state index is 13.7.